The molecule has 0 aromatic heterocycles. The number of benzene rings is 1. The van der Waals surface area contributed by atoms with Gasteiger partial charge < -0.3 is 0 Å². The Balaban J connectivity index is 1.68. The smallest absolute Gasteiger partial charge is 0.162 e. The van der Waals surface area contributed by atoms with Gasteiger partial charge in [-0.1, -0.05) is 36.4 Å². The van der Waals surface area contributed by atoms with Crippen LogP contribution in [0.15, 0.2) is 42.0 Å². The lowest BCUT2D eigenvalue weighted by atomic mass is 9.93. The van der Waals surface area contributed by atoms with E-state index in [0.717, 1.165) is 24.8 Å². The first kappa shape index (κ1) is 10.8. The summed E-state index contributed by atoms with van der Waals surface area (Å²) >= 11 is 0. The maximum absolute atomic E-state index is 12.3. The molecule has 3 rings (SSSR count). The van der Waals surface area contributed by atoms with Gasteiger partial charge in [0.25, 0.3) is 0 Å². The summed E-state index contributed by atoms with van der Waals surface area (Å²) < 4.78 is 0. The van der Waals surface area contributed by atoms with Crippen LogP contribution in [0.25, 0.3) is 0 Å². The molecule has 0 spiro atoms. The van der Waals surface area contributed by atoms with E-state index >= 15 is 0 Å². The van der Waals surface area contributed by atoms with Gasteiger partial charge in [0.15, 0.2) is 5.78 Å². The average molecular weight is 226 g/mol. The van der Waals surface area contributed by atoms with Crippen LogP contribution in [0.4, 0.5) is 0 Å². The number of hydrogen-bond acceptors (Lipinski definition) is 1. The fourth-order valence-electron chi connectivity index (χ4n) is 2.85. The molecule has 1 aromatic rings. The zero-order valence-electron chi connectivity index (χ0n) is 10.1. The summed E-state index contributed by atoms with van der Waals surface area (Å²) in [7, 11) is 0. The van der Waals surface area contributed by atoms with E-state index in [-0.39, 0.29) is 5.92 Å². The third-order valence-electron chi connectivity index (χ3n) is 3.96. The highest BCUT2D eigenvalue weighted by atomic mass is 16.1. The van der Waals surface area contributed by atoms with Gasteiger partial charge in [-0.2, -0.15) is 0 Å². The van der Waals surface area contributed by atoms with Gasteiger partial charge in [0.1, 0.15) is 0 Å². The molecule has 0 N–H and O–H groups in total. The van der Waals surface area contributed by atoms with E-state index in [1.54, 1.807) is 0 Å². The minimum atomic E-state index is 0.279. The summed E-state index contributed by atoms with van der Waals surface area (Å²) in [5.74, 6) is 1.20. The van der Waals surface area contributed by atoms with Crippen molar-refractivity contribution >= 4 is 5.78 Å². The van der Waals surface area contributed by atoms with Crippen LogP contribution in [-0.2, 0) is 4.79 Å². The largest absolute Gasteiger partial charge is 0.294 e. The standard InChI is InChI=1S/C16H18O/c17-16(13-9-5-2-6-10-13)15-11-14(15)12-7-3-1-4-8-12/h1,3-4,7-9,14-15H,2,5-6,10-11H2. The molecular formula is C16H18O. The molecule has 2 aliphatic carbocycles. The van der Waals surface area contributed by atoms with E-state index in [1.807, 2.05) is 6.07 Å². The summed E-state index contributed by atoms with van der Waals surface area (Å²) in [5.41, 5.74) is 2.45. The molecule has 0 aliphatic heterocycles. The van der Waals surface area contributed by atoms with Crippen molar-refractivity contribution in [3.8, 4) is 0 Å². The van der Waals surface area contributed by atoms with Crippen LogP contribution in [0.3, 0.4) is 0 Å². The monoisotopic (exact) mass is 226 g/mol. The van der Waals surface area contributed by atoms with Gasteiger partial charge in [0, 0.05) is 5.92 Å². The normalized spacial score (nSPS) is 27.4. The van der Waals surface area contributed by atoms with Crippen molar-refractivity contribution in [3.63, 3.8) is 0 Å². The second-order valence-electron chi connectivity index (χ2n) is 5.20. The first-order valence-electron chi connectivity index (χ1n) is 6.64. The number of ketones is 1. The van der Waals surface area contributed by atoms with Crippen LogP contribution in [0, 0.1) is 5.92 Å². The van der Waals surface area contributed by atoms with Crippen molar-refractivity contribution in [3.05, 3.63) is 47.5 Å². The van der Waals surface area contributed by atoms with E-state index < -0.39 is 0 Å². The Morgan fingerprint density at radius 2 is 1.94 bits per heavy atom. The maximum Gasteiger partial charge on any atom is 0.162 e. The third-order valence-corrected chi connectivity index (χ3v) is 3.96. The molecule has 1 heteroatoms. The molecule has 1 fully saturated rings. The molecule has 1 nitrogen and oxygen atoms in total. The lowest BCUT2D eigenvalue weighted by Crippen LogP contribution is -2.08. The topological polar surface area (TPSA) is 17.1 Å². The SMILES string of the molecule is O=C(C1=CCCCC1)C1CC1c1ccccc1. The Morgan fingerprint density at radius 1 is 1.12 bits per heavy atom. The molecule has 0 amide bonds. The van der Waals surface area contributed by atoms with Gasteiger partial charge in [-0.15, -0.1) is 0 Å². The van der Waals surface area contributed by atoms with Crippen molar-refractivity contribution in [1.29, 1.82) is 0 Å². The average Bonchev–Trinajstić information content (AvgIpc) is 3.20. The molecule has 1 aromatic carbocycles. The van der Waals surface area contributed by atoms with E-state index in [1.165, 1.54) is 18.4 Å². The third kappa shape index (κ3) is 2.19. The number of allylic oxidation sites excluding steroid dienone is 2. The molecule has 0 radical (unpaired) electrons. The molecule has 0 heterocycles. The lowest BCUT2D eigenvalue weighted by molar-refractivity contribution is -0.117. The molecule has 88 valence electrons. The number of hydrogen-bond donors (Lipinski definition) is 0. The van der Waals surface area contributed by atoms with Crippen molar-refractivity contribution in [2.45, 2.75) is 38.0 Å². The van der Waals surface area contributed by atoms with Crippen LogP contribution < -0.4 is 0 Å². The summed E-state index contributed by atoms with van der Waals surface area (Å²) in [6.07, 6.45) is 7.79. The molecule has 0 saturated heterocycles. The van der Waals surface area contributed by atoms with Crippen molar-refractivity contribution in [1.82, 2.24) is 0 Å². The van der Waals surface area contributed by atoms with Crippen LogP contribution in [0.2, 0.25) is 0 Å². The number of rotatable bonds is 3. The van der Waals surface area contributed by atoms with E-state index in [4.69, 9.17) is 0 Å². The molecule has 1 saturated carbocycles. The predicted octanol–water partition coefficient (Wildman–Crippen LogP) is 3.86. The fourth-order valence-corrected chi connectivity index (χ4v) is 2.85. The Bertz CT molecular complexity index is 444. The molecule has 2 atom stereocenters. The molecule has 2 unspecified atom stereocenters. The number of carbonyl (C=O) groups excluding carboxylic acids is 1. The van der Waals surface area contributed by atoms with Gasteiger partial charge in [-0.25, -0.2) is 0 Å². The summed E-state index contributed by atoms with van der Waals surface area (Å²) in [5, 5.41) is 0. The molecule has 0 bridgehead atoms. The van der Waals surface area contributed by atoms with Crippen LogP contribution in [0.1, 0.15) is 43.6 Å². The molecule has 2 aliphatic rings. The van der Waals surface area contributed by atoms with E-state index in [0.29, 0.717) is 11.7 Å². The van der Waals surface area contributed by atoms with Crippen LogP contribution in [-0.4, -0.2) is 5.78 Å². The Hall–Kier alpha value is -1.37. The van der Waals surface area contributed by atoms with Crippen molar-refractivity contribution < 1.29 is 4.79 Å². The lowest BCUT2D eigenvalue weighted by Gasteiger charge is -2.11. The Labute approximate surface area is 103 Å². The molecule has 17 heavy (non-hydrogen) atoms. The number of Topliss-reactive ketones (excluding diaryl/α,β-unsaturated/α-hetero) is 1. The summed E-state index contributed by atoms with van der Waals surface area (Å²) in [6, 6.07) is 10.5. The van der Waals surface area contributed by atoms with E-state index in [9.17, 15) is 4.79 Å². The van der Waals surface area contributed by atoms with Gasteiger partial charge >= 0.3 is 0 Å². The zero-order chi connectivity index (χ0) is 11.7. The Morgan fingerprint density at radius 3 is 2.65 bits per heavy atom. The van der Waals surface area contributed by atoms with Gasteiger partial charge in [0.05, 0.1) is 0 Å². The van der Waals surface area contributed by atoms with Gasteiger partial charge in [-0.05, 0) is 49.2 Å². The predicted molar refractivity (Wildman–Crippen MR) is 68.8 cm³/mol. The fraction of sp³-hybridized carbons (Fsp3) is 0.438. The highest BCUT2D eigenvalue weighted by Crippen LogP contribution is 2.49. The Kier molecular flexibility index (Phi) is 2.84. The van der Waals surface area contributed by atoms with E-state index in [2.05, 4.69) is 30.3 Å². The summed E-state index contributed by atoms with van der Waals surface area (Å²) in [4.78, 5) is 12.3. The number of carbonyl (C=O) groups is 1. The highest BCUT2D eigenvalue weighted by molar-refractivity contribution is 5.99. The quantitative estimate of drug-likeness (QED) is 0.765. The second kappa shape index (κ2) is 4.48. The zero-order valence-corrected chi connectivity index (χ0v) is 10.1. The maximum atomic E-state index is 12.3. The minimum Gasteiger partial charge on any atom is -0.294 e. The van der Waals surface area contributed by atoms with Crippen molar-refractivity contribution in [2.24, 2.45) is 5.92 Å². The first-order chi connectivity index (χ1) is 8.36. The van der Waals surface area contributed by atoms with Gasteiger partial charge in [0.2, 0.25) is 0 Å². The summed E-state index contributed by atoms with van der Waals surface area (Å²) in [6.45, 7) is 0. The van der Waals surface area contributed by atoms with Gasteiger partial charge in [-0.3, -0.25) is 4.79 Å². The first-order valence-corrected chi connectivity index (χ1v) is 6.64. The second-order valence-corrected chi connectivity index (χ2v) is 5.20. The highest BCUT2D eigenvalue weighted by Gasteiger charge is 2.44. The van der Waals surface area contributed by atoms with Crippen LogP contribution in [0.5, 0.6) is 0 Å². The minimum absolute atomic E-state index is 0.279. The van der Waals surface area contributed by atoms with Crippen LogP contribution >= 0.6 is 0 Å². The van der Waals surface area contributed by atoms with Crippen molar-refractivity contribution in [2.75, 3.05) is 0 Å². The molecular weight excluding hydrogens is 208 g/mol.